The molecule has 0 aromatic heterocycles. The van der Waals surface area contributed by atoms with Gasteiger partial charge in [0, 0.05) is 51.0 Å². The summed E-state index contributed by atoms with van der Waals surface area (Å²) in [4.78, 5) is 41.7. The van der Waals surface area contributed by atoms with Gasteiger partial charge in [0.05, 0.1) is 6.54 Å². The number of piperazine rings is 1. The summed E-state index contributed by atoms with van der Waals surface area (Å²) in [7, 11) is 2.04. The molecule has 10 nitrogen and oxygen atoms in total. The van der Waals surface area contributed by atoms with Gasteiger partial charge in [0.2, 0.25) is 12.3 Å². The number of aliphatic hydroxyl groups excluding tert-OH is 1. The highest BCUT2D eigenvalue weighted by molar-refractivity contribution is 5.93. The van der Waals surface area contributed by atoms with Gasteiger partial charge in [-0.15, -0.1) is 0 Å². The van der Waals surface area contributed by atoms with Crippen LogP contribution >= 0.6 is 0 Å². The van der Waals surface area contributed by atoms with Crippen LogP contribution in [0, 0.1) is 0 Å². The standard InChI is InChI=1S/C16H27N5O5/c1-12-9-20(11-14(23)24)16(26)21(15(12)25)4-3-17-13(22)10-19-7-5-18(2)6-8-19/h9,16,26H,3-8,10-11H2,1-2H3,(H,17,22)(H,23,24). The molecule has 26 heavy (non-hydrogen) atoms. The van der Waals surface area contributed by atoms with E-state index < -0.39 is 18.9 Å². The zero-order chi connectivity index (χ0) is 19.3. The van der Waals surface area contributed by atoms with Gasteiger partial charge in [0.1, 0.15) is 6.54 Å². The summed E-state index contributed by atoms with van der Waals surface area (Å²) in [6.45, 7) is 5.23. The number of aliphatic carboxylic acids is 1. The van der Waals surface area contributed by atoms with Crippen LogP contribution in [0.2, 0.25) is 0 Å². The molecule has 0 spiro atoms. The maximum Gasteiger partial charge on any atom is 0.323 e. The molecule has 0 aromatic rings. The molecule has 1 atom stereocenters. The summed E-state index contributed by atoms with van der Waals surface area (Å²) >= 11 is 0. The van der Waals surface area contributed by atoms with E-state index in [0.717, 1.165) is 31.1 Å². The minimum absolute atomic E-state index is 0.0930. The number of hydrogen-bond acceptors (Lipinski definition) is 7. The van der Waals surface area contributed by atoms with Crippen LogP contribution in [-0.2, 0) is 14.4 Å². The first-order valence-corrected chi connectivity index (χ1v) is 8.60. The molecular weight excluding hydrogens is 342 g/mol. The Balaban J connectivity index is 1.80. The summed E-state index contributed by atoms with van der Waals surface area (Å²) in [6.07, 6.45) is -0.0272. The molecule has 0 aliphatic carbocycles. The van der Waals surface area contributed by atoms with E-state index >= 15 is 0 Å². The Kier molecular flexibility index (Phi) is 6.95. The average Bonchev–Trinajstić information content (AvgIpc) is 2.57. The van der Waals surface area contributed by atoms with Crippen molar-refractivity contribution in [2.45, 2.75) is 13.3 Å². The molecule has 146 valence electrons. The molecule has 2 rings (SSSR count). The predicted octanol–water partition coefficient (Wildman–Crippen LogP) is -2.24. The minimum Gasteiger partial charge on any atom is -0.480 e. The fourth-order valence-corrected chi connectivity index (χ4v) is 2.96. The number of carbonyl (C=O) groups excluding carboxylic acids is 2. The zero-order valence-corrected chi connectivity index (χ0v) is 15.2. The Morgan fingerprint density at radius 3 is 2.50 bits per heavy atom. The summed E-state index contributed by atoms with van der Waals surface area (Å²) in [5, 5.41) is 21.9. The van der Waals surface area contributed by atoms with Crippen LogP contribution in [0.4, 0.5) is 0 Å². The van der Waals surface area contributed by atoms with Crippen LogP contribution in [-0.4, -0.2) is 113 Å². The van der Waals surface area contributed by atoms with E-state index in [1.54, 1.807) is 6.92 Å². The van der Waals surface area contributed by atoms with Gasteiger partial charge in [-0.3, -0.25) is 24.2 Å². The van der Waals surface area contributed by atoms with E-state index in [1.807, 2.05) is 7.05 Å². The molecule has 2 aliphatic heterocycles. The third-order valence-electron chi connectivity index (χ3n) is 4.49. The van der Waals surface area contributed by atoms with Crippen molar-refractivity contribution in [3.8, 4) is 0 Å². The van der Waals surface area contributed by atoms with Gasteiger partial charge in [0.25, 0.3) is 5.91 Å². The maximum atomic E-state index is 12.2. The van der Waals surface area contributed by atoms with Crippen LogP contribution in [0.5, 0.6) is 0 Å². The average molecular weight is 369 g/mol. The molecule has 0 radical (unpaired) electrons. The van der Waals surface area contributed by atoms with Crippen LogP contribution in [0.1, 0.15) is 6.92 Å². The Morgan fingerprint density at radius 2 is 1.88 bits per heavy atom. The van der Waals surface area contributed by atoms with Gasteiger partial charge < -0.3 is 25.3 Å². The lowest BCUT2D eigenvalue weighted by Gasteiger charge is -2.38. The number of carbonyl (C=O) groups is 3. The molecule has 1 fully saturated rings. The quantitative estimate of drug-likeness (QED) is 0.461. The van der Waals surface area contributed by atoms with E-state index in [9.17, 15) is 19.5 Å². The molecule has 0 saturated carbocycles. The lowest BCUT2D eigenvalue weighted by Crippen LogP contribution is -2.56. The monoisotopic (exact) mass is 369 g/mol. The fourth-order valence-electron chi connectivity index (χ4n) is 2.96. The fraction of sp³-hybridized carbons (Fsp3) is 0.688. The van der Waals surface area contributed by atoms with Crippen molar-refractivity contribution in [2.75, 3.05) is 59.4 Å². The number of hydrogen-bond donors (Lipinski definition) is 3. The summed E-state index contributed by atoms with van der Waals surface area (Å²) < 4.78 is 0. The second kappa shape index (κ2) is 8.97. The smallest absolute Gasteiger partial charge is 0.323 e. The predicted molar refractivity (Wildman–Crippen MR) is 92.8 cm³/mol. The highest BCUT2D eigenvalue weighted by atomic mass is 16.4. The number of aliphatic hydroxyl groups is 1. The summed E-state index contributed by atoms with van der Waals surface area (Å²) in [6, 6.07) is 0. The van der Waals surface area contributed by atoms with Gasteiger partial charge in [-0.05, 0) is 14.0 Å². The van der Waals surface area contributed by atoms with E-state index in [4.69, 9.17) is 5.11 Å². The Morgan fingerprint density at radius 1 is 1.23 bits per heavy atom. The van der Waals surface area contributed by atoms with Crippen molar-refractivity contribution in [1.29, 1.82) is 0 Å². The summed E-state index contributed by atoms with van der Waals surface area (Å²) in [5.41, 5.74) is 0.334. The molecule has 10 heteroatoms. The van der Waals surface area contributed by atoms with Crippen LogP contribution in [0.25, 0.3) is 0 Å². The number of nitrogens with one attached hydrogen (secondary N) is 1. The van der Waals surface area contributed by atoms with Crippen molar-refractivity contribution in [3.63, 3.8) is 0 Å². The van der Waals surface area contributed by atoms with Crippen LogP contribution in [0.15, 0.2) is 11.8 Å². The van der Waals surface area contributed by atoms with Gasteiger partial charge in [0.15, 0.2) is 0 Å². The zero-order valence-electron chi connectivity index (χ0n) is 15.2. The van der Waals surface area contributed by atoms with E-state index in [1.165, 1.54) is 11.1 Å². The Bertz CT molecular complexity index is 573. The number of rotatable bonds is 7. The normalized spacial score (nSPS) is 22.3. The van der Waals surface area contributed by atoms with E-state index in [0.29, 0.717) is 12.1 Å². The molecule has 0 aromatic carbocycles. The van der Waals surface area contributed by atoms with Crippen molar-refractivity contribution in [3.05, 3.63) is 11.8 Å². The Labute approximate surface area is 152 Å². The molecular formula is C16H27N5O5. The Hall–Kier alpha value is -2.17. The highest BCUT2D eigenvalue weighted by Gasteiger charge is 2.32. The first-order chi connectivity index (χ1) is 12.3. The number of likely N-dealkylation sites (N-methyl/N-ethyl adjacent to an activating group) is 1. The molecule has 3 N–H and O–H groups in total. The molecule has 1 unspecified atom stereocenters. The SMILES string of the molecule is CC1=CN(CC(=O)O)C(O)N(CCNC(=O)CN2CCN(C)CC2)C1=O. The second-order valence-electron chi connectivity index (χ2n) is 6.65. The number of amides is 2. The molecule has 2 heterocycles. The van der Waals surface area contributed by atoms with Crippen LogP contribution < -0.4 is 5.32 Å². The molecule has 2 aliphatic rings. The van der Waals surface area contributed by atoms with Crippen molar-refractivity contribution < 1.29 is 24.6 Å². The first-order valence-electron chi connectivity index (χ1n) is 8.60. The number of carboxylic acids is 1. The molecule has 1 saturated heterocycles. The van der Waals surface area contributed by atoms with Crippen molar-refractivity contribution in [1.82, 2.24) is 24.9 Å². The van der Waals surface area contributed by atoms with Gasteiger partial charge in [-0.1, -0.05) is 0 Å². The maximum absolute atomic E-state index is 12.2. The van der Waals surface area contributed by atoms with Crippen molar-refractivity contribution in [2.24, 2.45) is 0 Å². The minimum atomic E-state index is -1.36. The largest absolute Gasteiger partial charge is 0.480 e. The van der Waals surface area contributed by atoms with E-state index in [2.05, 4.69) is 15.1 Å². The van der Waals surface area contributed by atoms with Gasteiger partial charge >= 0.3 is 5.97 Å². The van der Waals surface area contributed by atoms with E-state index in [-0.39, 0.29) is 24.9 Å². The number of carboxylic acid groups (broad SMARTS) is 1. The third kappa shape index (κ3) is 5.41. The summed E-state index contributed by atoms with van der Waals surface area (Å²) in [5.74, 6) is -1.63. The molecule has 0 bridgehead atoms. The van der Waals surface area contributed by atoms with Crippen molar-refractivity contribution >= 4 is 17.8 Å². The lowest BCUT2D eigenvalue weighted by molar-refractivity contribution is -0.160. The topological polar surface area (TPSA) is 117 Å². The first kappa shape index (κ1) is 20.1. The number of nitrogens with zero attached hydrogens (tertiary/aromatic N) is 4. The van der Waals surface area contributed by atoms with Gasteiger partial charge in [-0.2, -0.15) is 0 Å². The second-order valence-corrected chi connectivity index (χ2v) is 6.65. The highest BCUT2D eigenvalue weighted by Crippen LogP contribution is 2.16. The van der Waals surface area contributed by atoms with Crippen LogP contribution in [0.3, 0.4) is 0 Å². The third-order valence-corrected chi connectivity index (χ3v) is 4.49. The lowest BCUT2D eigenvalue weighted by atomic mass is 10.2. The molecule has 2 amide bonds. The van der Waals surface area contributed by atoms with Gasteiger partial charge in [-0.25, -0.2) is 0 Å².